The van der Waals surface area contributed by atoms with Gasteiger partial charge in [0.2, 0.25) is 0 Å². The highest BCUT2D eigenvalue weighted by molar-refractivity contribution is 6.88. The molecule has 64 heavy (non-hydrogen) atoms. The van der Waals surface area contributed by atoms with Crippen LogP contribution in [0.4, 0.5) is 34.1 Å². The smallest absolute Gasteiger partial charge is 0.159 e. The molecule has 6 heteroatoms. The number of anilines is 6. The Morgan fingerprint density at radius 3 is 1.64 bits per heavy atom. The van der Waals surface area contributed by atoms with Crippen molar-refractivity contribution in [3.8, 4) is 11.5 Å². The van der Waals surface area contributed by atoms with Crippen LogP contribution in [0.3, 0.4) is 0 Å². The fourth-order valence-corrected chi connectivity index (χ4v) is 11.3. The van der Waals surface area contributed by atoms with Crippen molar-refractivity contribution in [3.63, 3.8) is 0 Å². The Labute approximate surface area is 370 Å². The number of fused-ring (bicyclic) bond motifs is 6. The van der Waals surface area contributed by atoms with Gasteiger partial charge in [-0.05, 0) is 84.4 Å². The number of aryl methyl sites for hydroxylation is 1. The van der Waals surface area contributed by atoms with Gasteiger partial charge in [0.25, 0.3) is 0 Å². The normalized spacial score (nSPS) is 12.5. The van der Waals surface area contributed by atoms with Crippen molar-refractivity contribution >= 4 is 124 Å². The van der Waals surface area contributed by atoms with Crippen LogP contribution >= 0.6 is 0 Å². The zero-order valence-electron chi connectivity index (χ0n) is 35.9. The molecule has 10 aromatic carbocycles. The predicted molar refractivity (Wildman–Crippen MR) is 271 cm³/mol. The zero-order valence-corrected chi connectivity index (χ0v) is 36.9. The molecule has 1 aliphatic heterocycles. The van der Waals surface area contributed by atoms with E-state index < -0.39 is 8.07 Å². The summed E-state index contributed by atoms with van der Waals surface area (Å²) in [6.07, 6.45) is 0. The summed E-state index contributed by atoms with van der Waals surface area (Å²) in [5.74, 6) is 1.66. The molecule has 306 valence electrons. The first-order valence-electron chi connectivity index (χ1n) is 22.0. The molecule has 2 aromatic heterocycles. The maximum absolute atomic E-state index is 7.14. The van der Waals surface area contributed by atoms with Gasteiger partial charge in [0, 0.05) is 60.5 Å². The third kappa shape index (κ3) is 5.49. The number of rotatable bonds is 7. The highest BCUT2D eigenvalue weighted by Crippen LogP contribution is 2.54. The van der Waals surface area contributed by atoms with Gasteiger partial charge in [-0.25, -0.2) is 0 Å². The second-order valence-electron chi connectivity index (χ2n) is 18.2. The summed E-state index contributed by atoms with van der Waals surface area (Å²) < 4.78 is 20.5. The number of ether oxygens (including phenoxy) is 1. The van der Waals surface area contributed by atoms with E-state index in [0.29, 0.717) is 0 Å². The van der Waals surface area contributed by atoms with Crippen molar-refractivity contribution in [3.05, 3.63) is 188 Å². The van der Waals surface area contributed by atoms with Crippen LogP contribution in [0.15, 0.2) is 191 Å². The Hall–Kier alpha value is -7.80. The van der Waals surface area contributed by atoms with Gasteiger partial charge in [0.1, 0.15) is 22.7 Å². The summed E-state index contributed by atoms with van der Waals surface area (Å²) in [4.78, 5) is 4.68. The molecule has 0 fully saturated rings. The summed E-state index contributed by atoms with van der Waals surface area (Å²) >= 11 is 0. The minimum atomic E-state index is -1.55. The van der Waals surface area contributed by atoms with Crippen LogP contribution in [-0.4, -0.2) is 8.07 Å². The fraction of sp³-hybridized carbons (Fsp3) is 0.0690. The maximum atomic E-state index is 7.14. The molecule has 0 N–H and O–H groups in total. The second kappa shape index (κ2) is 13.6. The van der Waals surface area contributed by atoms with Crippen LogP contribution < -0.4 is 19.7 Å². The minimum Gasteiger partial charge on any atom is -0.456 e. The van der Waals surface area contributed by atoms with E-state index in [1.165, 1.54) is 21.5 Å². The van der Waals surface area contributed by atoms with Crippen molar-refractivity contribution in [2.24, 2.45) is 0 Å². The van der Waals surface area contributed by atoms with E-state index in [2.05, 4.69) is 194 Å². The van der Waals surface area contributed by atoms with Crippen LogP contribution in [0.2, 0.25) is 19.6 Å². The van der Waals surface area contributed by atoms with Crippen molar-refractivity contribution in [1.29, 1.82) is 0 Å². The Balaban J connectivity index is 1.04. The Morgan fingerprint density at radius 2 is 0.969 bits per heavy atom. The van der Waals surface area contributed by atoms with E-state index in [-0.39, 0.29) is 0 Å². The predicted octanol–water partition coefficient (Wildman–Crippen LogP) is 16.8. The highest BCUT2D eigenvalue weighted by atomic mass is 28.3. The molecule has 0 unspecified atom stereocenters. The molecule has 0 aliphatic carbocycles. The van der Waals surface area contributed by atoms with Crippen LogP contribution in [0.25, 0.3) is 76.2 Å². The van der Waals surface area contributed by atoms with Gasteiger partial charge in [-0.3, -0.25) is 0 Å². The first-order chi connectivity index (χ1) is 31.3. The molecule has 13 rings (SSSR count). The monoisotopic (exact) mass is 842 g/mol. The molecule has 0 bridgehead atoms. The van der Waals surface area contributed by atoms with Gasteiger partial charge in [0.05, 0.1) is 30.8 Å². The van der Waals surface area contributed by atoms with Gasteiger partial charge in [-0.1, -0.05) is 140 Å². The standard InChI is InChI=1S/C58H42N2O3Si/c1-35-19-24-39(25-20-35)60(49-16-10-14-45-43-12-6-8-18-51(43)63-58(45)49)47-31-32-52-56-46(47)30-23-36-21-22-37-33-40(34-53(61-52)54(37)55(36)56)59(38-26-28-41(29-27-38)64(2,3)4)48-15-9-13-44-42-11-5-7-17-50(42)62-57(44)48/h5-34H,1-4H3. The lowest BCUT2D eigenvalue weighted by Gasteiger charge is -2.30. The van der Waals surface area contributed by atoms with Gasteiger partial charge in [-0.2, -0.15) is 0 Å². The van der Waals surface area contributed by atoms with Crippen molar-refractivity contribution in [1.82, 2.24) is 0 Å². The molecular formula is C58H42N2O3Si. The summed E-state index contributed by atoms with van der Waals surface area (Å²) in [6.45, 7) is 9.31. The summed E-state index contributed by atoms with van der Waals surface area (Å²) in [6, 6.07) is 65.3. The number of nitrogens with zero attached hydrogens (tertiary/aromatic N) is 2. The molecule has 0 atom stereocenters. The zero-order chi connectivity index (χ0) is 42.8. The molecule has 0 spiro atoms. The summed E-state index contributed by atoms with van der Waals surface area (Å²) in [7, 11) is -1.55. The first kappa shape index (κ1) is 36.8. The van der Waals surface area contributed by atoms with Crippen LogP contribution in [0.5, 0.6) is 11.5 Å². The second-order valence-corrected chi connectivity index (χ2v) is 23.3. The Kier molecular flexibility index (Phi) is 7.82. The molecule has 3 heterocycles. The van der Waals surface area contributed by atoms with Crippen molar-refractivity contribution in [2.45, 2.75) is 26.6 Å². The molecular weight excluding hydrogens is 801 g/mol. The van der Waals surface area contributed by atoms with E-state index in [4.69, 9.17) is 13.6 Å². The van der Waals surface area contributed by atoms with Gasteiger partial charge in [-0.15, -0.1) is 0 Å². The SMILES string of the molecule is Cc1ccc(N(c2ccc3c4c2ccc2ccc5cc(N(c6ccc([Si](C)(C)C)cc6)c6cccc7c6oc6ccccc67)cc(c5c24)O3)c2cccc3c2oc2ccccc23)cc1. The van der Waals surface area contributed by atoms with Crippen molar-refractivity contribution in [2.75, 3.05) is 9.80 Å². The number of hydrogen-bond acceptors (Lipinski definition) is 5. The molecule has 5 nitrogen and oxygen atoms in total. The van der Waals surface area contributed by atoms with Gasteiger partial charge in [0.15, 0.2) is 11.2 Å². The van der Waals surface area contributed by atoms with E-state index in [1.54, 1.807) is 0 Å². The number of furan rings is 2. The number of hydrogen-bond donors (Lipinski definition) is 0. The lowest BCUT2D eigenvalue weighted by Crippen LogP contribution is -2.37. The third-order valence-corrected chi connectivity index (χ3v) is 15.3. The summed E-state index contributed by atoms with van der Waals surface area (Å²) in [5, 5.41) is 12.6. The van der Waals surface area contributed by atoms with E-state index in [9.17, 15) is 0 Å². The van der Waals surface area contributed by atoms with Gasteiger partial charge < -0.3 is 23.4 Å². The lowest BCUT2D eigenvalue weighted by molar-refractivity contribution is 0.493. The molecule has 0 amide bonds. The molecule has 0 saturated heterocycles. The fourth-order valence-electron chi connectivity index (χ4n) is 10.1. The maximum Gasteiger partial charge on any atom is 0.159 e. The average molecular weight is 843 g/mol. The molecule has 0 saturated carbocycles. The van der Waals surface area contributed by atoms with E-state index in [0.717, 1.165) is 111 Å². The largest absolute Gasteiger partial charge is 0.456 e. The van der Waals surface area contributed by atoms with E-state index in [1.807, 2.05) is 24.3 Å². The average Bonchev–Trinajstić information content (AvgIpc) is 3.90. The minimum absolute atomic E-state index is 0.828. The quantitative estimate of drug-likeness (QED) is 0.118. The molecule has 1 aliphatic rings. The number of para-hydroxylation sites is 4. The van der Waals surface area contributed by atoms with Gasteiger partial charge >= 0.3 is 0 Å². The first-order valence-corrected chi connectivity index (χ1v) is 25.5. The molecule has 12 aromatic rings. The highest BCUT2D eigenvalue weighted by Gasteiger charge is 2.28. The van der Waals surface area contributed by atoms with Crippen LogP contribution in [0.1, 0.15) is 5.56 Å². The van der Waals surface area contributed by atoms with Crippen LogP contribution in [0, 0.1) is 6.92 Å². The Morgan fingerprint density at radius 1 is 0.391 bits per heavy atom. The third-order valence-electron chi connectivity index (χ3n) is 13.2. The van der Waals surface area contributed by atoms with E-state index >= 15 is 0 Å². The van der Waals surface area contributed by atoms with Crippen molar-refractivity contribution < 1.29 is 13.6 Å². The van der Waals surface area contributed by atoms with Crippen LogP contribution in [-0.2, 0) is 0 Å². The topological polar surface area (TPSA) is 42.0 Å². The summed E-state index contributed by atoms with van der Waals surface area (Å²) in [5.41, 5.74) is 10.7. The molecule has 0 radical (unpaired) electrons. The lowest BCUT2D eigenvalue weighted by atomic mass is 9.92. The Bertz CT molecular complexity index is 3880. The number of benzene rings is 10.